The smallest absolute Gasteiger partial charge is 0.371 e. The van der Waals surface area contributed by atoms with Crippen LogP contribution >= 0.6 is 15.9 Å². The summed E-state index contributed by atoms with van der Waals surface area (Å²) in [7, 11) is -3.97. The Bertz CT molecular complexity index is 626. The highest BCUT2D eigenvalue weighted by molar-refractivity contribution is 9.10. The summed E-state index contributed by atoms with van der Waals surface area (Å²) in [4.78, 5) is 10.5. The third-order valence-corrected chi connectivity index (χ3v) is 5.79. The zero-order valence-corrected chi connectivity index (χ0v) is 13.5. The van der Waals surface area contributed by atoms with Crippen molar-refractivity contribution in [3.8, 4) is 0 Å². The predicted molar refractivity (Wildman–Crippen MR) is 76.6 cm³/mol. The van der Waals surface area contributed by atoms with E-state index in [2.05, 4.69) is 20.7 Å². The van der Waals surface area contributed by atoms with E-state index in [1.165, 1.54) is 0 Å². The van der Waals surface area contributed by atoms with Crippen LogP contribution in [0.2, 0.25) is 0 Å². The fourth-order valence-corrected chi connectivity index (χ4v) is 4.57. The minimum Gasteiger partial charge on any atom is -0.475 e. The van der Waals surface area contributed by atoms with Gasteiger partial charge in [0.25, 0.3) is 0 Å². The number of hydrogen-bond donors (Lipinski definition) is 3. The van der Waals surface area contributed by atoms with Crippen LogP contribution in [-0.4, -0.2) is 36.7 Å². The highest BCUT2D eigenvalue weighted by atomic mass is 79.9. The van der Waals surface area contributed by atoms with Gasteiger partial charge in [-0.3, -0.25) is 0 Å². The van der Waals surface area contributed by atoms with Gasteiger partial charge in [0.1, 0.15) is 4.90 Å². The Hall–Kier alpha value is -0.900. The minimum atomic E-state index is -3.97. The summed E-state index contributed by atoms with van der Waals surface area (Å²) in [6.07, 6.45) is 2.98. The van der Waals surface area contributed by atoms with Crippen LogP contribution in [0.25, 0.3) is 0 Å². The number of aromatic carboxylic acids is 1. The van der Waals surface area contributed by atoms with E-state index in [9.17, 15) is 18.3 Å². The molecule has 2 rings (SSSR count). The minimum absolute atomic E-state index is 0.171. The number of halogens is 1. The lowest BCUT2D eigenvalue weighted by molar-refractivity contribution is 0.0661. The SMILES string of the molecule is O=C(O)c1cc(S(=O)(=O)NC2CCCCCC2O)c(Br)o1. The Morgan fingerprint density at radius 3 is 2.62 bits per heavy atom. The molecular formula is C12H16BrNO6S. The maximum absolute atomic E-state index is 12.3. The molecule has 0 aromatic carbocycles. The van der Waals surface area contributed by atoms with E-state index >= 15 is 0 Å². The molecule has 7 nitrogen and oxygen atoms in total. The second kappa shape index (κ2) is 6.47. The maximum atomic E-state index is 12.3. The van der Waals surface area contributed by atoms with Crippen molar-refractivity contribution >= 4 is 31.9 Å². The van der Waals surface area contributed by atoms with Crippen LogP contribution in [0.1, 0.15) is 42.7 Å². The second-order valence-corrected chi connectivity index (χ2v) is 7.39. The summed E-state index contributed by atoms with van der Waals surface area (Å²) in [5.41, 5.74) is 0. The first-order chi connectivity index (χ1) is 9.81. The van der Waals surface area contributed by atoms with Crippen molar-refractivity contribution in [1.29, 1.82) is 0 Å². The van der Waals surface area contributed by atoms with Crippen LogP contribution in [0.3, 0.4) is 0 Å². The van der Waals surface area contributed by atoms with E-state index in [1.807, 2.05) is 0 Å². The van der Waals surface area contributed by atoms with E-state index in [0.717, 1.165) is 25.3 Å². The molecule has 0 bridgehead atoms. The van der Waals surface area contributed by atoms with Crippen molar-refractivity contribution in [3.63, 3.8) is 0 Å². The molecule has 1 aromatic rings. The summed E-state index contributed by atoms with van der Waals surface area (Å²) >= 11 is 2.90. The molecule has 2 unspecified atom stereocenters. The van der Waals surface area contributed by atoms with Gasteiger partial charge in [-0.1, -0.05) is 19.3 Å². The average molecular weight is 382 g/mol. The average Bonchev–Trinajstić information content (AvgIpc) is 2.69. The monoisotopic (exact) mass is 381 g/mol. The third kappa shape index (κ3) is 3.85. The number of aliphatic hydroxyl groups excluding tert-OH is 1. The van der Waals surface area contributed by atoms with E-state index < -0.39 is 33.9 Å². The Morgan fingerprint density at radius 1 is 1.33 bits per heavy atom. The van der Waals surface area contributed by atoms with E-state index in [4.69, 9.17) is 9.52 Å². The first-order valence-electron chi connectivity index (χ1n) is 6.54. The van der Waals surface area contributed by atoms with Gasteiger partial charge in [-0.25, -0.2) is 17.9 Å². The van der Waals surface area contributed by atoms with Crippen molar-refractivity contribution in [3.05, 3.63) is 16.5 Å². The third-order valence-electron chi connectivity index (χ3n) is 3.44. The van der Waals surface area contributed by atoms with Gasteiger partial charge in [-0.2, -0.15) is 0 Å². The Morgan fingerprint density at radius 2 is 2.00 bits per heavy atom. The fourth-order valence-electron chi connectivity index (χ4n) is 2.33. The van der Waals surface area contributed by atoms with Gasteiger partial charge in [0.2, 0.25) is 15.8 Å². The molecule has 0 spiro atoms. The normalized spacial score (nSPS) is 23.7. The molecule has 2 atom stereocenters. The van der Waals surface area contributed by atoms with E-state index in [0.29, 0.717) is 12.8 Å². The van der Waals surface area contributed by atoms with Crippen molar-refractivity contribution < 1.29 is 27.8 Å². The van der Waals surface area contributed by atoms with Gasteiger partial charge in [-0.05, 0) is 28.8 Å². The van der Waals surface area contributed by atoms with Crippen molar-refractivity contribution in [2.45, 2.75) is 49.1 Å². The predicted octanol–water partition coefficient (Wildman–Crippen LogP) is 1.71. The number of carbonyl (C=O) groups is 1. The summed E-state index contributed by atoms with van der Waals surface area (Å²) in [5, 5.41) is 18.8. The van der Waals surface area contributed by atoms with Gasteiger partial charge >= 0.3 is 5.97 Å². The molecule has 1 saturated carbocycles. The van der Waals surface area contributed by atoms with Gasteiger partial charge in [0.15, 0.2) is 4.67 Å². The van der Waals surface area contributed by atoms with Crippen molar-refractivity contribution in [1.82, 2.24) is 4.72 Å². The summed E-state index contributed by atoms with van der Waals surface area (Å²) < 4.78 is 31.7. The molecule has 1 aromatic heterocycles. The molecule has 1 aliphatic rings. The Balaban J connectivity index is 2.23. The number of rotatable bonds is 4. The molecule has 3 N–H and O–H groups in total. The summed E-state index contributed by atoms with van der Waals surface area (Å²) in [6, 6.07) is 0.366. The molecule has 1 heterocycles. The van der Waals surface area contributed by atoms with Gasteiger partial charge in [0, 0.05) is 12.1 Å². The number of carboxylic acids is 1. The highest BCUT2D eigenvalue weighted by Gasteiger charge is 2.30. The molecule has 0 amide bonds. The van der Waals surface area contributed by atoms with Crippen LogP contribution in [-0.2, 0) is 10.0 Å². The van der Waals surface area contributed by atoms with E-state index in [1.54, 1.807) is 0 Å². The zero-order chi connectivity index (χ0) is 15.6. The zero-order valence-electron chi connectivity index (χ0n) is 11.1. The lowest BCUT2D eigenvalue weighted by atomic mass is 10.1. The first-order valence-corrected chi connectivity index (χ1v) is 8.82. The Kier molecular flexibility index (Phi) is 5.07. The van der Waals surface area contributed by atoms with Gasteiger partial charge < -0.3 is 14.6 Å². The van der Waals surface area contributed by atoms with Crippen molar-refractivity contribution in [2.24, 2.45) is 0 Å². The molecule has 1 aliphatic carbocycles. The number of sulfonamides is 1. The van der Waals surface area contributed by atoms with Crippen LogP contribution in [0, 0.1) is 0 Å². The molecular weight excluding hydrogens is 366 g/mol. The molecule has 0 aliphatic heterocycles. The number of nitrogens with one attached hydrogen (secondary N) is 1. The fraction of sp³-hybridized carbons (Fsp3) is 0.583. The van der Waals surface area contributed by atoms with Crippen LogP contribution in [0.15, 0.2) is 20.0 Å². The summed E-state index contributed by atoms with van der Waals surface area (Å²) in [6.45, 7) is 0. The first kappa shape index (κ1) is 16.5. The number of aliphatic hydroxyl groups is 1. The molecule has 21 heavy (non-hydrogen) atoms. The quantitative estimate of drug-likeness (QED) is 0.683. The van der Waals surface area contributed by atoms with Crippen LogP contribution in [0.5, 0.6) is 0 Å². The maximum Gasteiger partial charge on any atom is 0.371 e. The molecule has 9 heteroatoms. The van der Waals surface area contributed by atoms with Gasteiger partial charge in [-0.15, -0.1) is 0 Å². The second-order valence-electron chi connectivity index (χ2n) is 4.99. The van der Waals surface area contributed by atoms with E-state index in [-0.39, 0.29) is 9.56 Å². The lowest BCUT2D eigenvalue weighted by Crippen LogP contribution is -2.42. The molecule has 0 radical (unpaired) electrons. The highest BCUT2D eigenvalue weighted by Crippen LogP contribution is 2.27. The van der Waals surface area contributed by atoms with Crippen LogP contribution < -0.4 is 4.72 Å². The lowest BCUT2D eigenvalue weighted by Gasteiger charge is -2.21. The largest absolute Gasteiger partial charge is 0.475 e. The topological polar surface area (TPSA) is 117 Å². The molecule has 0 saturated heterocycles. The summed E-state index contributed by atoms with van der Waals surface area (Å²) in [5.74, 6) is -1.82. The number of hydrogen-bond acceptors (Lipinski definition) is 5. The standard InChI is InChI=1S/C12H16BrNO6S/c13-11-10(6-9(20-11)12(16)17)21(18,19)14-7-4-2-1-3-5-8(7)15/h6-8,14-15H,1-5H2,(H,16,17). The molecule has 118 valence electrons. The number of furan rings is 1. The number of carboxylic acid groups (broad SMARTS) is 1. The van der Waals surface area contributed by atoms with Crippen molar-refractivity contribution in [2.75, 3.05) is 0 Å². The Labute approximate surface area is 130 Å². The van der Waals surface area contributed by atoms with Crippen LogP contribution in [0.4, 0.5) is 0 Å². The van der Waals surface area contributed by atoms with Gasteiger partial charge in [0.05, 0.1) is 6.10 Å². The molecule has 1 fully saturated rings.